The van der Waals surface area contributed by atoms with Crippen LogP contribution in [-0.2, 0) is 17.8 Å². The van der Waals surface area contributed by atoms with Gasteiger partial charge in [-0.3, -0.25) is 0 Å². The first-order chi connectivity index (χ1) is 10.2. The average Bonchev–Trinajstić information content (AvgIpc) is 2.89. The molecule has 0 aliphatic heterocycles. The molecule has 0 aromatic carbocycles. The summed E-state index contributed by atoms with van der Waals surface area (Å²) in [6.07, 6.45) is 1.83. The van der Waals surface area contributed by atoms with Crippen LogP contribution < -0.4 is 10.2 Å². The van der Waals surface area contributed by atoms with Crippen LogP contribution >= 0.6 is 11.3 Å². The third-order valence-corrected chi connectivity index (χ3v) is 3.92. The lowest BCUT2D eigenvalue weighted by atomic mass is 10.2. The molecule has 21 heavy (non-hydrogen) atoms. The Morgan fingerprint density at radius 3 is 3.00 bits per heavy atom. The van der Waals surface area contributed by atoms with Crippen LogP contribution in [0.1, 0.15) is 16.3 Å². The summed E-state index contributed by atoms with van der Waals surface area (Å²) in [7, 11) is 3.76. The molecule has 2 aromatic heterocycles. The SMILES string of the molecule is COCCNCc1cccnc1N(C)Cc1csc(C)n1. The zero-order chi connectivity index (χ0) is 15.1. The maximum absolute atomic E-state index is 5.04. The molecule has 114 valence electrons. The molecule has 0 unspecified atom stereocenters. The van der Waals surface area contributed by atoms with Gasteiger partial charge in [0.2, 0.25) is 0 Å². The van der Waals surface area contributed by atoms with E-state index in [-0.39, 0.29) is 0 Å². The molecule has 2 aromatic rings. The second kappa shape index (κ2) is 8.07. The lowest BCUT2D eigenvalue weighted by Crippen LogP contribution is -2.23. The first kappa shape index (κ1) is 15.9. The zero-order valence-electron chi connectivity index (χ0n) is 12.8. The summed E-state index contributed by atoms with van der Waals surface area (Å²) < 4.78 is 5.04. The van der Waals surface area contributed by atoms with Gasteiger partial charge in [-0.15, -0.1) is 11.3 Å². The fourth-order valence-electron chi connectivity index (χ4n) is 2.11. The number of anilines is 1. The molecule has 2 heterocycles. The lowest BCUT2D eigenvalue weighted by molar-refractivity contribution is 0.199. The Morgan fingerprint density at radius 2 is 2.29 bits per heavy atom. The van der Waals surface area contributed by atoms with E-state index in [1.165, 1.54) is 5.56 Å². The maximum Gasteiger partial charge on any atom is 0.133 e. The maximum atomic E-state index is 5.04. The zero-order valence-corrected chi connectivity index (χ0v) is 13.6. The summed E-state index contributed by atoms with van der Waals surface area (Å²) in [5.74, 6) is 0.994. The Bertz CT molecular complexity index is 558. The van der Waals surface area contributed by atoms with Crippen LogP contribution in [-0.4, -0.2) is 37.3 Å². The molecule has 0 spiro atoms. The van der Waals surface area contributed by atoms with Gasteiger partial charge in [0.15, 0.2) is 0 Å². The molecule has 0 radical (unpaired) electrons. The Hall–Kier alpha value is -1.50. The van der Waals surface area contributed by atoms with Crippen molar-refractivity contribution >= 4 is 17.2 Å². The van der Waals surface area contributed by atoms with E-state index in [2.05, 4.69) is 38.7 Å². The highest BCUT2D eigenvalue weighted by atomic mass is 32.1. The number of thiazole rings is 1. The van der Waals surface area contributed by atoms with E-state index >= 15 is 0 Å². The number of hydrogen-bond donors (Lipinski definition) is 1. The second-order valence-corrected chi connectivity index (χ2v) is 5.93. The fraction of sp³-hybridized carbons (Fsp3) is 0.467. The van der Waals surface area contributed by atoms with Crippen molar-refractivity contribution in [2.75, 3.05) is 32.2 Å². The van der Waals surface area contributed by atoms with E-state index in [0.29, 0.717) is 6.61 Å². The molecule has 0 saturated heterocycles. The van der Waals surface area contributed by atoms with E-state index in [9.17, 15) is 0 Å². The largest absolute Gasteiger partial charge is 0.383 e. The Labute approximate surface area is 130 Å². The van der Waals surface area contributed by atoms with Gasteiger partial charge in [-0.05, 0) is 13.0 Å². The third kappa shape index (κ3) is 4.77. The van der Waals surface area contributed by atoms with Crippen molar-refractivity contribution in [3.8, 4) is 0 Å². The van der Waals surface area contributed by atoms with Gasteiger partial charge in [0.05, 0.1) is 23.9 Å². The minimum Gasteiger partial charge on any atom is -0.383 e. The molecule has 0 amide bonds. The molecular formula is C15H22N4OS. The highest BCUT2D eigenvalue weighted by molar-refractivity contribution is 7.09. The fourth-order valence-corrected chi connectivity index (χ4v) is 2.71. The molecule has 0 bridgehead atoms. The Kier molecular flexibility index (Phi) is 6.10. The monoisotopic (exact) mass is 306 g/mol. The first-order valence-corrected chi connectivity index (χ1v) is 7.84. The molecule has 5 nitrogen and oxygen atoms in total. The van der Waals surface area contributed by atoms with E-state index < -0.39 is 0 Å². The summed E-state index contributed by atoms with van der Waals surface area (Å²) in [6, 6.07) is 4.07. The number of nitrogens with zero attached hydrogens (tertiary/aromatic N) is 3. The van der Waals surface area contributed by atoms with Crippen LogP contribution in [0.15, 0.2) is 23.7 Å². The van der Waals surface area contributed by atoms with Gasteiger partial charge in [-0.1, -0.05) is 6.07 Å². The molecule has 0 fully saturated rings. The summed E-state index contributed by atoms with van der Waals surface area (Å²) in [4.78, 5) is 11.2. The van der Waals surface area contributed by atoms with Gasteiger partial charge in [0.25, 0.3) is 0 Å². The van der Waals surface area contributed by atoms with Crippen molar-refractivity contribution < 1.29 is 4.74 Å². The van der Waals surface area contributed by atoms with E-state index in [4.69, 9.17) is 4.74 Å². The quantitative estimate of drug-likeness (QED) is 0.758. The van der Waals surface area contributed by atoms with Crippen LogP contribution in [0.3, 0.4) is 0 Å². The van der Waals surface area contributed by atoms with Gasteiger partial charge in [0, 0.05) is 44.4 Å². The van der Waals surface area contributed by atoms with Crippen molar-refractivity contribution in [2.24, 2.45) is 0 Å². The average molecular weight is 306 g/mol. The number of aromatic nitrogens is 2. The van der Waals surface area contributed by atoms with Crippen molar-refractivity contribution in [3.63, 3.8) is 0 Å². The lowest BCUT2D eigenvalue weighted by Gasteiger charge is -2.20. The van der Waals surface area contributed by atoms with Crippen LogP contribution in [0.5, 0.6) is 0 Å². The van der Waals surface area contributed by atoms with Crippen molar-refractivity contribution in [1.29, 1.82) is 0 Å². The number of nitrogens with one attached hydrogen (secondary N) is 1. The minimum atomic E-state index is 0.712. The number of aryl methyl sites for hydroxylation is 1. The van der Waals surface area contributed by atoms with Crippen LogP contribution in [0.25, 0.3) is 0 Å². The van der Waals surface area contributed by atoms with Crippen molar-refractivity contribution in [3.05, 3.63) is 40.0 Å². The number of hydrogen-bond acceptors (Lipinski definition) is 6. The van der Waals surface area contributed by atoms with E-state index in [1.54, 1.807) is 18.4 Å². The number of pyridine rings is 1. The van der Waals surface area contributed by atoms with Gasteiger partial charge in [-0.2, -0.15) is 0 Å². The molecule has 0 aliphatic rings. The minimum absolute atomic E-state index is 0.712. The second-order valence-electron chi connectivity index (χ2n) is 4.87. The van der Waals surface area contributed by atoms with Crippen molar-refractivity contribution in [2.45, 2.75) is 20.0 Å². The first-order valence-electron chi connectivity index (χ1n) is 6.96. The topological polar surface area (TPSA) is 50.3 Å². The number of methoxy groups -OCH3 is 1. The standard InChI is InChI=1S/C15H22N4OS/c1-12-18-14(11-21-12)10-19(2)15-13(5-4-6-17-15)9-16-7-8-20-3/h4-6,11,16H,7-10H2,1-3H3. The van der Waals surface area contributed by atoms with E-state index in [0.717, 1.165) is 36.2 Å². The van der Waals surface area contributed by atoms with Crippen molar-refractivity contribution in [1.82, 2.24) is 15.3 Å². The predicted molar refractivity (Wildman–Crippen MR) is 86.8 cm³/mol. The smallest absolute Gasteiger partial charge is 0.133 e. The van der Waals surface area contributed by atoms with Gasteiger partial charge < -0.3 is 15.0 Å². The molecule has 2 rings (SSSR count). The summed E-state index contributed by atoms with van der Waals surface area (Å²) in [5, 5.41) is 6.56. The van der Waals surface area contributed by atoms with Gasteiger partial charge in [-0.25, -0.2) is 9.97 Å². The molecular weight excluding hydrogens is 284 g/mol. The van der Waals surface area contributed by atoms with Gasteiger partial charge in [0.1, 0.15) is 5.82 Å². The summed E-state index contributed by atoms with van der Waals surface area (Å²) >= 11 is 1.68. The van der Waals surface area contributed by atoms with Crippen LogP contribution in [0, 0.1) is 6.92 Å². The molecule has 6 heteroatoms. The number of rotatable bonds is 8. The number of ether oxygens (including phenoxy) is 1. The molecule has 1 N–H and O–H groups in total. The Balaban J connectivity index is 2.00. The highest BCUT2D eigenvalue weighted by Gasteiger charge is 2.10. The molecule has 0 aliphatic carbocycles. The van der Waals surface area contributed by atoms with Crippen LogP contribution in [0.2, 0.25) is 0 Å². The summed E-state index contributed by atoms with van der Waals surface area (Å²) in [5.41, 5.74) is 2.27. The molecule has 0 saturated carbocycles. The van der Waals surface area contributed by atoms with Gasteiger partial charge >= 0.3 is 0 Å². The highest BCUT2D eigenvalue weighted by Crippen LogP contribution is 2.18. The molecule has 0 atom stereocenters. The normalized spacial score (nSPS) is 10.8. The third-order valence-electron chi connectivity index (χ3n) is 3.09. The Morgan fingerprint density at radius 1 is 1.43 bits per heavy atom. The summed E-state index contributed by atoms with van der Waals surface area (Å²) in [6.45, 7) is 5.13. The predicted octanol–water partition coefficient (Wildman–Crippen LogP) is 2.22. The van der Waals surface area contributed by atoms with Crippen LogP contribution in [0.4, 0.5) is 5.82 Å². The van der Waals surface area contributed by atoms with E-state index in [1.807, 2.05) is 19.2 Å².